The minimum absolute atomic E-state index is 0.110. The summed E-state index contributed by atoms with van der Waals surface area (Å²) in [7, 11) is 0. The molecule has 0 spiro atoms. The maximum absolute atomic E-state index is 12.1. The van der Waals surface area contributed by atoms with Gasteiger partial charge in [-0.1, -0.05) is 6.07 Å². The van der Waals surface area contributed by atoms with Crippen LogP contribution >= 0.6 is 0 Å². The lowest BCUT2D eigenvalue weighted by atomic mass is 10.1. The lowest BCUT2D eigenvalue weighted by molar-refractivity contribution is 0.0940. The number of carbonyl (C=O) groups is 1. The molecule has 0 saturated heterocycles. The molecule has 1 N–H and O–H groups in total. The topological polar surface area (TPSA) is 65.8 Å². The highest BCUT2D eigenvalue weighted by Gasteiger charge is 2.11. The van der Waals surface area contributed by atoms with Crippen LogP contribution in [0.5, 0.6) is 0 Å². The van der Waals surface area contributed by atoms with Gasteiger partial charge in [-0.25, -0.2) is 0 Å². The molecular formula is C15H13N3O. The summed E-state index contributed by atoms with van der Waals surface area (Å²) >= 11 is 0. The van der Waals surface area contributed by atoms with E-state index in [4.69, 9.17) is 5.26 Å². The summed E-state index contributed by atoms with van der Waals surface area (Å²) in [6, 6.07) is 12.3. The first-order valence-electron chi connectivity index (χ1n) is 5.91. The third-order valence-electron chi connectivity index (χ3n) is 2.81. The molecule has 1 aromatic heterocycles. The van der Waals surface area contributed by atoms with Crippen LogP contribution in [0.25, 0.3) is 0 Å². The fourth-order valence-electron chi connectivity index (χ4n) is 1.75. The van der Waals surface area contributed by atoms with Gasteiger partial charge in [0.15, 0.2) is 0 Å². The van der Waals surface area contributed by atoms with Crippen LogP contribution in [-0.4, -0.2) is 10.9 Å². The van der Waals surface area contributed by atoms with Gasteiger partial charge in [-0.3, -0.25) is 9.78 Å². The molecule has 0 aliphatic heterocycles. The van der Waals surface area contributed by atoms with E-state index in [0.29, 0.717) is 11.1 Å². The summed E-state index contributed by atoms with van der Waals surface area (Å²) in [5.74, 6) is -0.193. The average molecular weight is 251 g/mol. The van der Waals surface area contributed by atoms with Crippen LogP contribution in [0.2, 0.25) is 0 Å². The zero-order chi connectivity index (χ0) is 13.7. The summed E-state index contributed by atoms with van der Waals surface area (Å²) < 4.78 is 0. The Kier molecular flexibility index (Phi) is 3.89. The summed E-state index contributed by atoms with van der Waals surface area (Å²) in [6.45, 7) is 1.90. The Balaban J connectivity index is 2.11. The molecule has 0 aliphatic rings. The molecule has 1 heterocycles. The SMILES string of the molecule is C[C@H](NC(=O)c1cccc(C#N)c1)c1ccncc1. The van der Waals surface area contributed by atoms with E-state index >= 15 is 0 Å². The Morgan fingerprint density at radius 1 is 1.32 bits per heavy atom. The van der Waals surface area contributed by atoms with Gasteiger partial charge in [0.05, 0.1) is 17.7 Å². The van der Waals surface area contributed by atoms with E-state index in [1.807, 2.05) is 25.1 Å². The number of hydrogen-bond acceptors (Lipinski definition) is 3. The monoisotopic (exact) mass is 251 g/mol. The van der Waals surface area contributed by atoms with Gasteiger partial charge < -0.3 is 5.32 Å². The number of rotatable bonds is 3. The van der Waals surface area contributed by atoms with Gasteiger partial charge in [-0.2, -0.15) is 5.26 Å². The minimum atomic E-state index is -0.193. The lowest BCUT2D eigenvalue weighted by Crippen LogP contribution is -2.26. The Morgan fingerprint density at radius 3 is 2.74 bits per heavy atom. The van der Waals surface area contributed by atoms with Crippen molar-refractivity contribution < 1.29 is 4.79 Å². The first-order valence-corrected chi connectivity index (χ1v) is 5.91. The van der Waals surface area contributed by atoms with Gasteiger partial charge in [-0.15, -0.1) is 0 Å². The van der Waals surface area contributed by atoms with Crippen LogP contribution in [0, 0.1) is 11.3 Å². The third-order valence-corrected chi connectivity index (χ3v) is 2.81. The number of nitriles is 1. The maximum Gasteiger partial charge on any atom is 0.251 e. The maximum atomic E-state index is 12.1. The van der Waals surface area contributed by atoms with Crippen LogP contribution in [0.15, 0.2) is 48.8 Å². The van der Waals surface area contributed by atoms with Crippen molar-refractivity contribution in [3.8, 4) is 6.07 Å². The summed E-state index contributed by atoms with van der Waals surface area (Å²) in [5, 5.41) is 11.7. The molecule has 0 saturated carbocycles. The predicted molar refractivity (Wildman–Crippen MR) is 71.3 cm³/mol. The highest BCUT2D eigenvalue weighted by atomic mass is 16.1. The van der Waals surface area contributed by atoms with Crippen LogP contribution in [0.1, 0.15) is 34.5 Å². The number of nitrogens with one attached hydrogen (secondary N) is 1. The standard InChI is InChI=1S/C15H13N3O/c1-11(13-5-7-17-8-6-13)18-15(19)14-4-2-3-12(9-14)10-16/h2-9,11H,1H3,(H,18,19)/t11-/m0/s1. The second kappa shape index (κ2) is 5.78. The molecule has 19 heavy (non-hydrogen) atoms. The van der Waals surface area contributed by atoms with Gasteiger partial charge in [0.25, 0.3) is 5.91 Å². The zero-order valence-corrected chi connectivity index (χ0v) is 10.5. The minimum Gasteiger partial charge on any atom is -0.346 e. The van der Waals surface area contributed by atoms with Crippen LogP contribution in [0.3, 0.4) is 0 Å². The molecule has 1 atom stereocenters. The van der Waals surface area contributed by atoms with Crippen molar-refractivity contribution >= 4 is 5.91 Å². The van der Waals surface area contributed by atoms with Crippen molar-refractivity contribution in [3.05, 3.63) is 65.5 Å². The highest BCUT2D eigenvalue weighted by molar-refractivity contribution is 5.94. The molecule has 0 fully saturated rings. The molecule has 94 valence electrons. The van der Waals surface area contributed by atoms with E-state index in [0.717, 1.165) is 5.56 Å². The Morgan fingerprint density at radius 2 is 2.05 bits per heavy atom. The quantitative estimate of drug-likeness (QED) is 0.911. The zero-order valence-electron chi connectivity index (χ0n) is 10.5. The molecule has 0 aliphatic carbocycles. The van der Waals surface area contributed by atoms with Crippen LogP contribution < -0.4 is 5.32 Å². The molecule has 2 aromatic rings. The Labute approximate surface area is 111 Å². The fourth-order valence-corrected chi connectivity index (χ4v) is 1.75. The number of nitrogens with zero attached hydrogens (tertiary/aromatic N) is 2. The first kappa shape index (κ1) is 12.8. The molecule has 1 amide bonds. The number of benzene rings is 1. The van der Waals surface area contributed by atoms with E-state index in [1.165, 1.54) is 0 Å². The normalized spacial score (nSPS) is 11.4. The number of pyridine rings is 1. The van der Waals surface area contributed by atoms with Gasteiger partial charge in [0, 0.05) is 18.0 Å². The first-order chi connectivity index (χ1) is 9.20. The van der Waals surface area contributed by atoms with Crippen LogP contribution in [-0.2, 0) is 0 Å². The van der Waals surface area contributed by atoms with Crippen molar-refractivity contribution in [3.63, 3.8) is 0 Å². The largest absolute Gasteiger partial charge is 0.346 e. The van der Waals surface area contributed by atoms with Crippen molar-refractivity contribution in [2.24, 2.45) is 0 Å². The number of carbonyl (C=O) groups excluding carboxylic acids is 1. The van der Waals surface area contributed by atoms with Gasteiger partial charge in [-0.05, 0) is 42.8 Å². The van der Waals surface area contributed by atoms with Crippen molar-refractivity contribution in [2.45, 2.75) is 13.0 Å². The van der Waals surface area contributed by atoms with Crippen LogP contribution in [0.4, 0.5) is 0 Å². The van der Waals surface area contributed by atoms with E-state index < -0.39 is 0 Å². The molecular weight excluding hydrogens is 238 g/mol. The summed E-state index contributed by atoms with van der Waals surface area (Å²) in [4.78, 5) is 16.0. The second-order valence-corrected chi connectivity index (χ2v) is 4.17. The Hall–Kier alpha value is -2.67. The fraction of sp³-hybridized carbons (Fsp3) is 0.133. The van der Waals surface area contributed by atoms with Crippen molar-refractivity contribution in [1.82, 2.24) is 10.3 Å². The van der Waals surface area contributed by atoms with E-state index in [-0.39, 0.29) is 11.9 Å². The summed E-state index contributed by atoms with van der Waals surface area (Å²) in [5.41, 5.74) is 1.95. The van der Waals surface area contributed by atoms with E-state index in [2.05, 4.69) is 10.3 Å². The van der Waals surface area contributed by atoms with Gasteiger partial charge >= 0.3 is 0 Å². The second-order valence-electron chi connectivity index (χ2n) is 4.17. The van der Waals surface area contributed by atoms with E-state index in [1.54, 1.807) is 36.7 Å². The van der Waals surface area contributed by atoms with E-state index in [9.17, 15) is 4.79 Å². The molecule has 0 radical (unpaired) electrons. The van der Waals surface area contributed by atoms with Crippen molar-refractivity contribution in [1.29, 1.82) is 5.26 Å². The molecule has 0 unspecified atom stereocenters. The lowest BCUT2D eigenvalue weighted by Gasteiger charge is -2.14. The molecule has 2 rings (SSSR count). The molecule has 4 nitrogen and oxygen atoms in total. The number of amides is 1. The smallest absolute Gasteiger partial charge is 0.251 e. The molecule has 1 aromatic carbocycles. The molecule has 4 heteroatoms. The predicted octanol–water partition coefficient (Wildman–Crippen LogP) is 2.44. The highest BCUT2D eigenvalue weighted by Crippen LogP contribution is 2.12. The number of aromatic nitrogens is 1. The number of hydrogen-bond donors (Lipinski definition) is 1. The third kappa shape index (κ3) is 3.17. The molecule has 0 bridgehead atoms. The Bertz CT molecular complexity index is 617. The summed E-state index contributed by atoms with van der Waals surface area (Å²) in [6.07, 6.45) is 3.38. The van der Waals surface area contributed by atoms with Gasteiger partial charge in [0.1, 0.15) is 0 Å². The average Bonchev–Trinajstić information content (AvgIpc) is 2.48. The van der Waals surface area contributed by atoms with Crippen molar-refractivity contribution in [2.75, 3.05) is 0 Å². The van der Waals surface area contributed by atoms with Gasteiger partial charge in [0.2, 0.25) is 0 Å².